The minimum absolute atomic E-state index is 0. The molecule has 5 heteroatoms. The molecular weight excluding hydrogens is 1050 g/mol. The van der Waals surface area contributed by atoms with Crippen LogP contribution in [0.2, 0.25) is 0 Å². The normalized spacial score (nSPS) is 14.0. The van der Waals surface area contributed by atoms with E-state index in [1.54, 1.807) is 0 Å². The van der Waals surface area contributed by atoms with Gasteiger partial charge in [-0.2, -0.15) is 0 Å². The van der Waals surface area contributed by atoms with Gasteiger partial charge in [-0.25, -0.2) is 4.98 Å². The van der Waals surface area contributed by atoms with E-state index in [2.05, 4.69) is 194 Å². The van der Waals surface area contributed by atoms with Gasteiger partial charge in [-0.3, -0.25) is 9.55 Å². The number of hydrogen-bond donors (Lipinski definition) is 1. The van der Waals surface area contributed by atoms with Gasteiger partial charge in [0.25, 0.3) is 0 Å². The molecule has 0 spiro atoms. The van der Waals surface area contributed by atoms with Crippen LogP contribution in [0.15, 0.2) is 164 Å². The SMILES string of the molecule is [2H]C([2H])(c1ccc(-c2ccnc(-c3[c-]c(-c4cccc5c4nc(-c4cc(C(C)(C)C)cc(C(C)(C)C)c4O)n5-c4ccc(C(C)(C)C)cc4-c4ccccc4)cc(-c4ccccc4)c3)c2)cc1)C1CCCC1.[Pt]. The van der Waals surface area contributed by atoms with Crippen molar-refractivity contribution < 1.29 is 28.9 Å². The van der Waals surface area contributed by atoms with Gasteiger partial charge in [0.05, 0.1) is 22.3 Å². The molecule has 10 rings (SSSR count). The number of rotatable bonds is 9. The first-order valence-electron chi connectivity index (χ1n) is 26.1. The van der Waals surface area contributed by atoms with Crippen molar-refractivity contribution in [2.45, 2.75) is 111 Å². The number of aromatic nitrogens is 3. The summed E-state index contributed by atoms with van der Waals surface area (Å²) in [5.41, 5.74) is 16.3. The van der Waals surface area contributed by atoms with E-state index in [1.807, 2.05) is 42.6 Å². The third-order valence-electron chi connectivity index (χ3n) is 14.1. The number of para-hydroxylation sites is 1. The van der Waals surface area contributed by atoms with Gasteiger partial charge in [-0.15, -0.1) is 23.8 Å². The number of nitrogens with zero attached hydrogens (tertiary/aromatic N) is 3. The van der Waals surface area contributed by atoms with Crippen LogP contribution < -0.4 is 0 Å². The summed E-state index contributed by atoms with van der Waals surface area (Å²) in [5.74, 6) is 0.946. The summed E-state index contributed by atoms with van der Waals surface area (Å²) in [6.07, 6.45) is 4.58. The summed E-state index contributed by atoms with van der Waals surface area (Å²) in [6.45, 7) is 19.9. The molecule has 9 aromatic rings. The zero-order chi connectivity index (χ0) is 50.7. The molecular formula is C66H66N3OPt-. The Morgan fingerprint density at radius 3 is 1.87 bits per heavy atom. The second-order valence-corrected chi connectivity index (χ2v) is 22.4. The molecule has 0 atom stereocenters. The van der Waals surface area contributed by atoms with Crippen LogP contribution in [-0.2, 0) is 43.7 Å². The van der Waals surface area contributed by atoms with E-state index in [4.69, 9.17) is 12.7 Å². The molecule has 7 aromatic carbocycles. The van der Waals surface area contributed by atoms with Gasteiger partial charge in [0, 0.05) is 46.8 Å². The van der Waals surface area contributed by atoms with Gasteiger partial charge in [-0.1, -0.05) is 220 Å². The first kappa shape index (κ1) is 47.0. The summed E-state index contributed by atoms with van der Waals surface area (Å²) < 4.78 is 20.3. The van der Waals surface area contributed by atoms with Crippen molar-refractivity contribution in [3.05, 3.63) is 192 Å². The third kappa shape index (κ3) is 10.2. The van der Waals surface area contributed by atoms with Gasteiger partial charge in [0.15, 0.2) is 0 Å². The van der Waals surface area contributed by atoms with Crippen molar-refractivity contribution in [1.29, 1.82) is 0 Å². The van der Waals surface area contributed by atoms with Crippen molar-refractivity contribution in [2.75, 3.05) is 0 Å². The molecule has 1 fully saturated rings. The minimum atomic E-state index is -1.35. The van der Waals surface area contributed by atoms with Crippen LogP contribution in [0, 0.1) is 12.0 Å². The monoisotopic (exact) mass is 1110 g/mol. The van der Waals surface area contributed by atoms with Gasteiger partial charge in [0.1, 0.15) is 11.6 Å². The molecule has 1 aliphatic rings. The van der Waals surface area contributed by atoms with Crippen molar-refractivity contribution in [1.82, 2.24) is 14.5 Å². The van der Waals surface area contributed by atoms with Crippen LogP contribution in [0.1, 0.15) is 113 Å². The van der Waals surface area contributed by atoms with Gasteiger partial charge >= 0.3 is 0 Å². The fourth-order valence-electron chi connectivity index (χ4n) is 10.1. The first-order chi connectivity index (χ1) is 34.3. The quantitative estimate of drug-likeness (QED) is 0.147. The molecule has 4 nitrogen and oxygen atoms in total. The number of hydrogen-bond acceptors (Lipinski definition) is 3. The molecule has 1 saturated carbocycles. The Kier molecular flexibility index (Phi) is 13.0. The molecule has 1 N–H and O–H groups in total. The Labute approximate surface area is 439 Å². The maximum absolute atomic E-state index is 12.6. The molecule has 2 heterocycles. The predicted molar refractivity (Wildman–Crippen MR) is 294 cm³/mol. The molecule has 0 radical (unpaired) electrons. The smallest absolute Gasteiger partial charge is 0.148 e. The Hall–Kier alpha value is -6.35. The summed E-state index contributed by atoms with van der Waals surface area (Å²) in [5, 5.41) is 12.6. The topological polar surface area (TPSA) is 50.9 Å². The maximum Gasteiger partial charge on any atom is 0.148 e. The van der Waals surface area contributed by atoms with E-state index in [9.17, 15) is 5.11 Å². The molecule has 0 amide bonds. The van der Waals surface area contributed by atoms with E-state index < -0.39 is 6.37 Å². The summed E-state index contributed by atoms with van der Waals surface area (Å²) in [6, 6.07) is 58.9. The molecule has 0 unspecified atom stereocenters. The second-order valence-electron chi connectivity index (χ2n) is 22.4. The maximum atomic E-state index is 12.6. The van der Waals surface area contributed by atoms with Crippen LogP contribution in [0.5, 0.6) is 5.75 Å². The average molecular weight is 1110 g/mol. The number of aromatic hydroxyl groups is 1. The fraction of sp³-hybridized carbons (Fsp3) is 0.273. The van der Waals surface area contributed by atoms with Gasteiger partial charge in [0.2, 0.25) is 0 Å². The van der Waals surface area contributed by atoms with Crippen LogP contribution in [-0.4, -0.2) is 19.6 Å². The summed E-state index contributed by atoms with van der Waals surface area (Å²) >= 11 is 0. The average Bonchev–Trinajstić information content (AvgIpc) is 4.06. The van der Waals surface area contributed by atoms with E-state index >= 15 is 0 Å². The Morgan fingerprint density at radius 2 is 1.21 bits per heavy atom. The zero-order valence-electron chi connectivity index (χ0n) is 44.6. The number of phenolic OH excluding ortho intramolecular Hbond substituents is 1. The van der Waals surface area contributed by atoms with Gasteiger partial charge in [-0.05, 0) is 97.8 Å². The van der Waals surface area contributed by atoms with Crippen molar-refractivity contribution >= 4 is 11.0 Å². The second kappa shape index (κ2) is 19.7. The molecule has 71 heavy (non-hydrogen) atoms. The molecule has 0 aliphatic heterocycles. The van der Waals surface area contributed by atoms with Crippen LogP contribution >= 0.6 is 0 Å². The summed E-state index contributed by atoms with van der Waals surface area (Å²) in [7, 11) is 0. The number of benzene rings is 7. The number of phenols is 1. The van der Waals surface area contributed by atoms with E-state index in [0.717, 1.165) is 115 Å². The van der Waals surface area contributed by atoms with Crippen LogP contribution in [0.3, 0.4) is 0 Å². The molecule has 0 bridgehead atoms. The first-order valence-corrected chi connectivity index (χ1v) is 25.1. The fourth-order valence-corrected chi connectivity index (χ4v) is 10.1. The molecule has 362 valence electrons. The van der Waals surface area contributed by atoms with E-state index in [-0.39, 0.29) is 49.0 Å². The van der Waals surface area contributed by atoms with E-state index in [1.165, 1.54) is 5.56 Å². The largest absolute Gasteiger partial charge is 0.507 e. The Morgan fingerprint density at radius 1 is 0.577 bits per heavy atom. The third-order valence-corrected chi connectivity index (χ3v) is 14.1. The Bertz CT molecular complexity index is 3440. The van der Waals surface area contributed by atoms with Crippen LogP contribution in [0.25, 0.3) is 83.9 Å². The predicted octanol–water partition coefficient (Wildman–Crippen LogP) is 17.6. The molecule has 1 aliphatic carbocycles. The van der Waals surface area contributed by atoms with Crippen molar-refractivity contribution in [3.63, 3.8) is 0 Å². The standard InChI is InChI=1S/C66H66N3O.Pt/c1-64(2,3)52-31-32-59(55(40-52)47-23-14-11-15-24-47)69-60-26-18-25-54(61(60)68-63(69)56-41-53(65(4,5)6)42-57(62(56)70)66(7,8)9)50-36-49(45-21-12-10-13-22-45)37-51(38-50)58-39-48(33-34-67-58)46-29-27-44(28-30-46)35-43-19-16-17-20-43;/h10-15,18,21-34,36-37,39-43,70H,16-17,19-20,35H2,1-9H3;/q-1;/i35D2;. The zero-order valence-corrected chi connectivity index (χ0v) is 44.9. The van der Waals surface area contributed by atoms with Crippen molar-refractivity contribution in [3.8, 4) is 78.6 Å². The van der Waals surface area contributed by atoms with Crippen molar-refractivity contribution in [2.24, 2.45) is 5.92 Å². The van der Waals surface area contributed by atoms with Gasteiger partial charge < -0.3 is 5.11 Å². The summed E-state index contributed by atoms with van der Waals surface area (Å²) in [4.78, 5) is 10.7. The van der Waals surface area contributed by atoms with Crippen LogP contribution in [0.4, 0.5) is 0 Å². The number of imidazole rings is 1. The molecule has 0 saturated heterocycles. The number of fused-ring (bicyclic) bond motifs is 1. The number of pyridine rings is 1. The minimum Gasteiger partial charge on any atom is -0.507 e. The Balaban J connectivity index is 0.00000656. The molecule has 2 aromatic heterocycles. The van der Waals surface area contributed by atoms with E-state index in [0.29, 0.717) is 11.4 Å².